The van der Waals surface area contributed by atoms with E-state index in [1.165, 1.54) is 48.2 Å². The number of fused-ring (bicyclic) bond motifs is 3. The Balaban J connectivity index is 1.24. The van der Waals surface area contributed by atoms with Gasteiger partial charge in [0.05, 0.1) is 5.69 Å². The molecule has 0 bridgehead atoms. The molecule has 0 radical (unpaired) electrons. The van der Waals surface area contributed by atoms with E-state index in [4.69, 9.17) is 15.7 Å². The molecule has 164 valence electrons. The first-order chi connectivity index (χ1) is 15.7. The number of aryl methyl sites for hydroxylation is 1. The Morgan fingerprint density at radius 3 is 2.56 bits per heavy atom. The number of benzene rings is 2. The lowest BCUT2D eigenvalue weighted by atomic mass is 9.73. The molecule has 2 aliphatic heterocycles. The molecule has 3 heterocycles. The van der Waals surface area contributed by atoms with E-state index >= 15 is 0 Å². The number of rotatable bonds is 3. The molecule has 5 heteroatoms. The van der Waals surface area contributed by atoms with Crippen LogP contribution in [0.25, 0.3) is 11.3 Å². The number of hydrogen-bond donors (Lipinski definition) is 1. The van der Waals surface area contributed by atoms with Crippen molar-refractivity contribution in [2.75, 3.05) is 36.8 Å². The van der Waals surface area contributed by atoms with Gasteiger partial charge in [0.25, 0.3) is 0 Å². The Bertz CT molecular complexity index is 1120. The predicted octanol–water partition coefficient (Wildman–Crippen LogP) is 4.32. The minimum atomic E-state index is 0.377. The number of likely N-dealkylation sites (tertiary alicyclic amines) is 1. The smallest absolute Gasteiger partial charge is 0.222 e. The molecule has 0 amide bonds. The average Bonchev–Trinajstić information content (AvgIpc) is 2.97. The highest BCUT2D eigenvalue weighted by Gasteiger charge is 2.46. The molecule has 32 heavy (non-hydrogen) atoms. The molecule has 5 nitrogen and oxygen atoms in total. The minimum Gasteiger partial charge on any atom is -0.368 e. The van der Waals surface area contributed by atoms with Crippen molar-refractivity contribution in [1.29, 1.82) is 0 Å². The summed E-state index contributed by atoms with van der Waals surface area (Å²) in [6, 6.07) is 19.5. The molecule has 2 fully saturated rings. The second-order valence-corrected chi connectivity index (χ2v) is 9.90. The monoisotopic (exact) mass is 425 g/mol. The maximum absolute atomic E-state index is 6.23. The van der Waals surface area contributed by atoms with E-state index in [9.17, 15) is 0 Å². The minimum absolute atomic E-state index is 0.377. The third-order valence-corrected chi connectivity index (χ3v) is 7.49. The summed E-state index contributed by atoms with van der Waals surface area (Å²) in [5.74, 6) is 1.47. The largest absolute Gasteiger partial charge is 0.368 e. The van der Waals surface area contributed by atoms with Crippen LogP contribution in [0.5, 0.6) is 0 Å². The molecule has 6 rings (SSSR count). The van der Waals surface area contributed by atoms with Crippen molar-refractivity contribution in [1.82, 2.24) is 14.9 Å². The highest BCUT2D eigenvalue weighted by atomic mass is 15.3. The van der Waals surface area contributed by atoms with E-state index in [1.54, 1.807) is 0 Å². The second kappa shape index (κ2) is 7.89. The first-order valence-corrected chi connectivity index (χ1v) is 12.0. The first-order valence-electron chi connectivity index (χ1n) is 12.0. The topological polar surface area (TPSA) is 58.3 Å². The molecule has 0 saturated carbocycles. The Morgan fingerprint density at radius 1 is 0.875 bits per heavy atom. The molecule has 2 saturated heterocycles. The quantitative estimate of drug-likeness (QED) is 0.677. The maximum atomic E-state index is 6.23. The van der Waals surface area contributed by atoms with Gasteiger partial charge in [-0.05, 0) is 49.8 Å². The summed E-state index contributed by atoms with van der Waals surface area (Å²) in [6.07, 6.45) is 5.82. The standard InChI is InChI=1S/C27H31N5/c28-26-29-24-22-12-5-4-10-21(22)11-6-13-23(24)25(30-26)32-18-27(19-32)14-7-15-31(17-27)16-20-8-2-1-3-9-20/h1-5,8-10,12H,6-7,11,13-19H2,(H2,28,29,30). The summed E-state index contributed by atoms with van der Waals surface area (Å²) in [5.41, 5.74) is 13.0. The van der Waals surface area contributed by atoms with Gasteiger partial charge in [-0.3, -0.25) is 4.90 Å². The third kappa shape index (κ3) is 3.55. The van der Waals surface area contributed by atoms with Gasteiger partial charge in [0.2, 0.25) is 5.95 Å². The lowest BCUT2D eigenvalue weighted by molar-refractivity contribution is 0.0566. The van der Waals surface area contributed by atoms with Crippen molar-refractivity contribution in [3.05, 3.63) is 71.3 Å². The van der Waals surface area contributed by atoms with Crippen molar-refractivity contribution in [2.24, 2.45) is 5.41 Å². The van der Waals surface area contributed by atoms with Crippen LogP contribution in [0.1, 0.15) is 36.0 Å². The zero-order valence-electron chi connectivity index (χ0n) is 18.6. The molecule has 1 spiro atoms. The molecular formula is C27H31N5. The van der Waals surface area contributed by atoms with Crippen LogP contribution in [-0.4, -0.2) is 41.0 Å². The second-order valence-electron chi connectivity index (χ2n) is 9.90. The molecule has 3 aromatic rings. The van der Waals surface area contributed by atoms with Crippen molar-refractivity contribution in [2.45, 2.75) is 38.6 Å². The van der Waals surface area contributed by atoms with Crippen LogP contribution in [0, 0.1) is 5.41 Å². The van der Waals surface area contributed by atoms with E-state index in [0.29, 0.717) is 11.4 Å². The van der Waals surface area contributed by atoms with Gasteiger partial charge >= 0.3 is 0 Å². The van der Waals surface area contributed by atoms with Gasteiger partial charge < -0.3 is 10.6 Å². The SMILES string of the molecule is Nc1nc2c(c(N3CC4(CCCN(Cc5ccccc5)C4)C3)n1)CCCc1ccccc1-2. The lowest BCUT2D eigenvalue weighted by Crippen LogP contribution is -2.63. The fraction of sp³-hybridized carbons (Fsp3) is 0.407. The van der Waals surface area contributed by atoms with Crippen LogP contribution in [0.4, 0.5) is 11.8 Å². The van der Waals surface area contributed by atoms with Gasteiger partial charge in [0.15, 0.2) is 0 Å². The highest BCUT2D eigenvalue weighted by molar-refractivity contribution is 5.74. The predicted molar refractivity (Wildman–Crippen MR) is 130 cm³/mol. The first kappa shape index (κ1) is 19.7. The van der Waals surface area contributed by atoms with Crippen LogP contribution in [0.15, 0.2) is 54.6 Å². The normalized spacial score (nSPS) is 19.7. The number of aromatic nitrogens is 2. The van der Waals surface area contributed by atoms with Crippen LogP contribution in [0.3, 0.4) is 0 Å². The summed E-state index contributed by atoms with van der Waals surface area (Å²) in [4.78, 5) is 14.6. The number of piperidine rings is 1. The molecule has 1 aliphatic carbocycles. The molecule has 0 unspecified atom stereocenters. The summed E-state index contributed by atoms with van der Waals surface area (Å²) < 4.78 is 0. The van der Waals surface area contributed by atoms with E-state index in [1.807, 2.05) is 0 Å². The van der Waals surface area contributed by atoms with Crippen LogP contribution >= 0.6 is 0 Å². The summed E-state index contributed by atoms with van der Waals surface area (Å²) >= 11 is 0. The zero-order valence-corrected chi connectivity index (χ0v) is 18.6. The fourth-order valence-electron chi connectivity index (χ4n) is 6.09. The van der Waals surface area contributed by atoms with E-state index in [2.05, 4.69) is 64.4 Å². The summed E-state index contributed by atoms with van der Waals surface area (Å²) in [6.45, 7) is 5.56. The molecule has 2 aromatic carbocycles. The van der Waals surface area contributed by atoms with Gasteiger partial charge in [-0.25, -0.2) is 4.98 Å². The molecule has 3 aliphatic rings. The van der Waals surface area contributed by atoms with E-state index < -0.39 is 0 Å². The van der Waals surface area contributed by atoms with E-state index in [0.717, 1.165) is 50.4 Å². The Kier molecular flexibility index (Phi) is 4.87. The van der Waals surface area contributed by atoms with Gasteiger partial charge in [-0.2, -0.15) is 4.98 Å². The highest BCUT2D eigenvalue weighted by Crippen LogP contribution is 2.44. The lowest BCUT2D eigenvalue weighted by Gasteiger charge is -2.55. The zero-order chi connectivity index (χ0) is 21.5. The Hall–Kier alpha value is -2.92. The van der Waals surface area contributed by atoms with Crippen LogP contribution < -0.4 is 10.6 Å². The van der Waals surface area contributed by atoms with Gasteiger partial charge in [0, 0.05) is 42.7 Å². The summed E-state index contributed by atoms with van der Waals surface area (Å²) in [5, 5.41) is 0. The van der Waals surface area contributed by atoms with E-state index in [-0.39, 0.29) is 0 Å². The molecule has 1 aromatic heterocycles. The fourth-order valence-corrected chi connectivity index (χ4v) is 6.09. The van der Waals surface area contributed by atoms with Crippen molar-refractivity contribution in [3.63, 3.8) is 0 Å². The number of anilines is 2. The molecular weight excluding hydrogens is 394 g/mol. The van der Waals surface area contributed by atoms with Gasteiger partial charge in [-0.1, -0.05) is 54.6 Å². The number of nitrogen functional groups attached to an aromatic ring is 1. The third-order valence-electron chi connectivity index (χ3n) is 7.49. The van der Waals surface area contributed by atoms with Gasteiger partial charge in [0.1, 0.15) is 5.82 Å². The Morgan fingerprint density at radius 2 is 1.69 bits per heavy atom. The van der Waals surface area contributed by atoms with Crippen molar-refractivity contribution in [3.8, 4) is 11.3 Å². The van der Waals surface area contributed by atoms with Crippen LogP contribution in [-0.2, 0) is 19.4 Å². The summed E-state index contributed by atoms with van der Waals surface area (Å²) in [7, 11) is 0. The number of nitrogens with two attached hydrogens (primary N) is 1. The van der Waals surface area contributed by atoms with Crippen molar-refractivity contribution >= 4 is 11.8 Å². The van der Waals surface area contributed by atoms with Crippen molar-refractivity contribution < 1.29 is 0 Å². The van der Waals surface area contributed by atoms with Crippen LogP contribution in [0.2, 0.25) is 0 Å². The molecule has 0 atom stereocenters. The number of hydrogen-bond acceptors (Lipinski definition) is 5. The molecule has 2 N–H and O–H groups in total. The maximum Gasteiger partial charge on any atom is 0.222 e. The number of nitrogens with zero attached hydrogens (tertiary/aromatic N) is 4. The van der Waals surface area contributed by atoms with Gasteiger partial charge in [-0.15, -0.1) is 0 Å². The Labute approximate surface area is 190 Å². The average molecular weight is 426 g/mol.